The molecule has 0 radical (unpaired) electrons. The molecule has 10 heteroatoms. The van der Waals surface area contributed by atoms with Gasteiger partial charge in [-0.05, 0) is 31.0 Å². The molecule has 1 heterocycles. The van der Waals surface area contributed by atoms with Gasteiger partial charge in [0, 0.05) is 6.07 Å². The molecule has 2 aromatic rings. The maximum atomic E-state index is 12.8. The molecule has 1 aliphatic heterocycles. The van der Waals surface area contributed by atoms with Crippen LogP contribution in [0, 0.1) is 10.1 Å². The number of carbonyl (C=O) groups is 2. The summed E-state index contributed by atoms with van der Waals surface area (Å²) in [7, 11) is 1.22. The van der Waals surface area contributed by atoms with Gasteiger partial charge in [0.05, 0.1) is 42.6 Å². The average Bonchev–Trinajstić information content (AvgIpc) is 2.79. The summed E-state index contributed by atoms with van der Waals surface area (Å²) in [5, 5.41) is 17.1. The van der Waals surface area contributed by atoms with Crippen LogP contribution in [0.25, 0.3) is 5.70 Å². The Hall–Kier alpha value is -4.08. The number of benzene rings is 2. The number of nitrogens with one attached hydrogen (secondary N) is 2. The first kappa shape index (κ1) is 22.6. The Labute approximate surface area is 184 Å². The maximum Gasteiger partial charge on any atom is 0.338 e. The van der Waals surface area contributed by atoms with E-state index in [0.29, 0.717) is 5.56 Å². The van der Waals surface area contributed by atoms with Crippen molar-refractivity contribution in [2.24, 2.45) is 0 Å². The van der Waals surface area contributed by atoms with Gasteiger partial charge in [-0.15, -0.1) is 0 Å². The number of urea groups is 1. The third kappa shape index (κ3) is 4.48. The van der Waals surface area contributed by atoms with Crippen LogP contribution in [0.2, 0.25) is 0 Å². The van der Waals surface area contributed by atoms with E-state index in [1.54, 1.807) is 44.2 Å². The SMILES string of the molecule is CCOc1cc(C2NC(=O)NC(c3ccccc3)=C2C(=O)OC)cc([N+](=O)[O-])c1OCC. The molecule has 2 aromatic carbocycles. The molecule has 3 rings (SSSR count). The lowest BCUT2D eigenvalue weighted by atomic mass is 9.92. The van der Waals surface area contributed by atoms with Crippen LogP contribution in [0.5, 0.6) is 11.5 Å². The highest BCUT2D eigenvalue weighted by Crippen LogP contribution is 2.42. The van der Waals surface area contributed by atoms with Crippen LogP contribution >= 0.6 is 0 Å². The largest absolute Gasteiger partial charge is 0.490 e. The Morgan fingerprint density at radius 2 is 1.81 bits per heavy atom. The van der Waals surface area contributed by atoms with Gasteiger partial charge >= 0.3 is 17.7 Å². The van der Waals surface area contributed by atoms with Crippen molar-refractivity contribution in [1.82, 2.24) is 10.6 Å². The lowest BCUT2D eigenvalue weighted by molar-refractivity contribution is -0.386. The zero-order valence-electron chi connectivity index (χ0n) is 17.8. The third-order valence-corrected chi connectivity index (χ3v) is 4.72. The normalized spacial score (nSPS) is 15.5. The molecule has 2 amide bonds. The summed E-state index contributed by atoms with van der Waals surface area (Å²) in [6, 6.07) is 9.95. The van der Waals surface area contributed by atoms with Crippen LogP contribution in [0.15, 0.2) is 48.0 Å². The highest BCUT2D eigenvalue weighted by Gasteiger charge is 2.36. The van der Waals surface area contributed by atoms with E-state index in [4.69, 9.17) is 14.2 Å². The minimum atomic E-state index is -1.03. The van der Waals surface area contributed by atoms with Gasteiger partial charge in [0.15, 0.2) is 5.75 Å². The molecule has 1 aliphatic rings. The van der Waals surface area contributed by atoms with E-state index in [0.717, 1.165) is 0 Å². The summed E-state index contributed by atoms with van der Waals surface area (Å²) in [5.41, 5.74) is 0.858. The summed E-state index contributed by atoms with van der Waals surface area (Å²) in [4.78, 5) is 36.4. The molecular weight excluding hydrogens is 418 g/mol. The second kappa shape index (κ2) is 9.82. The first-order valence-electron chi connectivity index (χ1n) is 9.94. The molecule has 0 bridgehead atoms. The molecule has 0 saturated heterocycles. The molecular formula is C22H23N3O7. The summed E-state index contributed by atoms with van der Waals surface area (Å²) in [5.74, 6) is -0.581. The van der Waals surface area contributed by atoms with Crippen molar-refractivity contribution in [3.8, 4) is 11.5 Å². The molecule has 168 valence electrons. The highest BCUT2D eigenvalue weighted by atomic mass is 16.6. The Kier molecular flexibility index (Phi) is 6.93. The Bertz CT molecular complexity index is 1070. The fraction of sp³-hybridized carbons (Fsp3) is 0.273. The van der Waals surface area contributed by atoms with E-state index in [1.165, 1.54) is 19.2 Å². The van der Waals surface area contributed by atoms with Crippen LogP contribution in [-0.4, -0.2) is 37.2 Å². The number of nitrogens with zero attached hydrogens (tertiary/aromatic N) is 1. The molecule has 1 atom stereocenters. The van der Waals surface area contributed by atoms with E-state index in [-0.39, 0.29) is 47.2 Å². The molecule has 0 saturated carbocycles. The predicted molar refractivity (Wildman–Crippen MR) is 115 cm³/mol. The number of esters is 1. The van der Waals surface area contributed by atoms with E-state index in [1.807, 2.05) is 0 Å². The molecule has 10 nitrogen and oxygen atoms in total. The number of nitro groups is 1. The van der Waals surface area contributed by atoms with Crippen molar-refractivity contribution < 1.29 is 28.7 Å². The van der Waals surface area contributed by atoms with Crippen LogP contribution in [0.4, 0.5) is 10.5 Å². The lowest BCUT2D eigenvalue weighted by Crippen LogP contribution is -2.45. The predicted octanol–water partition coefficient (Wildman–Crippen LogP) is 3.33. The van der Waals surface area contributed by atoms with Crippen LogP contribution in [0.3, 0.4) is 0 Å². The van der Waals surface area contributed by atoms with Crippen LogP contribution in [-0.2, 0) is 9.53 Å². The maximum absolute atomic E-state index is 12.8. The first-order valence-corrected chi connectivity index (χ1v) is 9.94. The van der Waals surface area contributed by atoms with Crippen LogP contribution < -0.4 is 20.1 Å². The van der Waals surface area contributed by atoms with Gasteiger partial charge in [-0.2, -0.15) is 0 Å². The Morgan fingerprint density at radius 1 is 1.12 bits per heavy atom. The molecule has 32 heavy (non-hydrogen) atoms. The van der Waals surface area contributed by atoms with Gasteiger partial charge in [0.1, 0.15) is 0 Å². The smallest absolute Gasteiger partial charge is 0.338 e. The zero-order chi connectivity index (χ0) is 23.3. The summed E-state index contributed by atoms with van der Waals surface area (Å²) in [6.45, 7) is 3.85. The van der Waals surface area contributed by atoms with Crippen molar-refractivity contribution in [1.29, 1.82) is 0 Å². The number of nitro benzene ring substituents is 1. The number of carbonyl (C=O) groups excluding carboxylic acids is 2. The van der Waals surface area contributed by atoms with Crippen molar-refractivity contribution >= 4 is 23.4 Å². The van der Waals surface area contributed by atoms with E-state index >= 15 is 0 Å². The fourth-order valence-corrected chi connectivity index (χ4v) is 3.44. The van der Waals surface area contributed by atoms with Gasteiger partial charge in [-0.1, -0.05) is 30.3 Å². The zero-order valence-corrected chi connectivity index (χ0v) is 17.8. The summed E-state index contributed by atoms with van der Waals surface area (Å²) < 4.78 is 16.0. The lowest BCUT2D eigenvalue weighted by Gasteiger charge is -2.29. The Morgan fingerprint density at radius 3 is 2.41 bits per heavy atom. The second-order valence-electron chi connectivity index (χ2n) is 6.67. The summed E-state index contributed by atoms with van der Waals surface area (Å²) in [6.07, 6.45) is 0. The molecule has 0 aromatic heterocycles. The standard InChI is InChI=1S/C22H23N3O7/c1-4-31-16-12-14(11-15(25(28)29)20(16)32-5-2)19-17(21(26)30-3)18(23-22(27)24-19)13-9-7-6-8-10-13/h6-12,19H,4-5H2,1-3H3,(H2,23,24,27). The van der Waals surface area contributed by atoms with Crippen LogP contribution in [0.1, 0.15) is 31.0 Å². The van der Waals surface area contributed by atoms with Gasteiger partial charge in [-0.25, -0.2) is 9.59 Å². The first-order chi connectivity index (χ1) is 15.4. The Balaban J connectivity index is 2.27. The topological polar surface area (TPSA) is 129 Å². The highest BCUT2D eigenvalue weighted by molar-refractivity contribution is 6.04. The molecule has 0 aliphatic carbocycles. The monoisotopic (exact) mass is 441 g/mol. The molecule has 0 spiro atoms. The van der Waals surface area contributed by atoms with Gasteiger partial charge in [0.25, 0.3) is 0 Å². The van der Waals surface area contributed by atoms with Crippen molar-refractivity contribution in [3.63, 3.8) is 0 Å². The average molecular weight is 441 g/mol. The van der Waals surface area contributed by atoms with Gasteiger partial charge in [0.2, 0.25) is 5.75 Å². The summed E-state index contributed by atoms with van der Waals surface area (Å²) >= 11 is 0. The number of amides is 2. The fourth-order valence-electron chi connectivity index (χ4n) is 3.44. The third-order valence-electron chi connectivity index (χ3n) is 4.72. The molecule has 0 fully saturated rings. The number of rotatable bonds is 8. The quantitative estimate of drug-likeness (QED) is 0.365. The molecule has 2 N–H and O–H groups in total. The minimum Gasteiger partial charge on any atom is -0.490 e. The number of methoxy groups -OCH3 is 1. The van der Waals surface area contributed by atoms with E-state index in [2.05, 4.69) is 10.6 Å². The number of hydrogen-bond acceptors (Lipinski definition) is 7. The van der Waals surface area contributed by atoms with Gasteiger partial charge < -0.3 is 24.8 Å². The van der Waals surface area contributed by atoms with Gasteiger partial charge in [-0.3, -0.25) is 10.1 Å². The number of ether oxygens (including phenoxy) is 3. The van der Waals surface area contributed by atoms with E-state index < -0.39 is 23.0 Å². The molecule has 1 unspecified atom stereocenters. The van der Waals surface area contributed by atoms with E-state index in [9.17, 15) is 19.7 Å². The van der Waals surface area contributed by atoms with Crippen molar-refractivity contribution in [3.05, 3.63) is 69.3 Å². The number of hydrogen-bond donors (Lipinski definition) is 2. The minimum absolute atomic E-state index is 0.0183. The van der Waals surface area contributed by atoms with Crippen molar-refractivity contribution in [2.75, 3.05) is 20.3 Å². The van der Waals surface area contributed by atoms with Crippen molar-refractivity contribution in [2.45, 2.75) is 19.9 Å². The second-order valence-corrected chi connectivity index (χ2v) is 6.67.